The highest BCUT2D eigenvalue weighted by Gasteiger charge is 2.50. The van der Waals surface area contributed by atoms with Gasteiger partial charge in [-0.15, -0.1) is 0 Å². The van der Waals surface area contributed by atoms with Crippen LogP contribution in [0.2, 0.25) is 0 Å². The van der Waals surface area contributed by atoms with E-state index in [0.717, 1.165) is 0 Å². The number of carbonyl (C=O) groups is 1. The second kappa shape index (κ2) is 6.32. The normalized spacial score (nSPS) is 20.9. The van der Waals surface area contributed by atoms with Crippen molar-refractivity contribution in [2.75, 3.05) is 7.11 Å². The Bertz CT molecular complexity index is 951. The quantitative estimate of drug-likeness (QED) is 0.732. The van der Waals surface area contributed by atoms with Crippen molar-refractivity contribution < 1.29 is 19.4 Å². The molecule has 26 heavy (non-hydrogen) atoms. The van der Waals surface area contributed by atoms with E-state index in [0.29, 0.717) is 28.0 Å². The molecule has 0 aromatic heterocycles. The van der Waals surface area contributed by atoms with E-state index in [1.165, 1.54) is 7.11 Å². The molecule has 1 aliphatic rings. The minimum Gasteiger partial charge on any atom is -0.481 e. The minimum atomic E-state index is -1.41. The van der Waals surface area contributed by atoms with Crippen LogP contribution >= 0.6 is 0 Å². The summed E-state index contributed by atoms with van der Waals surface area (Å²) in [5, 5.41) is 11.8. The molecule has 0 saturated carbocycles. The zero-order valence-electron chi connectivity index (χ0n) is 14.3. The molecule has 0 saturated heterocycles. The maximum absolute atomic E-state index is 12.3. The molecular weight excluding hydrogens is 328 g/mol. The topological polar surface area (TPSA) is 55.8 Å². The van der Waals surface area contributed by atoms with E-state index in [-0.39, 0.29) is 0 Å². The summed E-state index contributed by atoms with van der Waals surface area (Å²) >= 11 is 0. The first-order valence-corrected chi connectivity index (χ1v) is 8.37. The Morgan fingerprint density at radius 2 is 1.62 bits per heavy atom. The molecule has 130 valence electrons. The number of fused-ring (bicyclic) bond motifs is 1. The third-order valence-corrected chi connectivity index (χ3v) is 4.78. The van der Waals surface area contributed by atoms with Crippen molar-refractivity contribution in [3.63, 3.8) is 0 Å². The van der Waals surface area contributed by atoms with Crippen molar-refractivity contribution in [1.82, 2.24) is 0 Å². The number of ether oxygens (including phenoxy) is 2. The lowest BCUT2D eigenvalue weighted by molar-refractivity contribution is -0.00791. The van der Waals surface area contributed by atoms with Crippen LogP contribution in [0.15, 0.2) is 78.9 Å². The Hall–Kier alpha value is -3.11. The number of para-hydroxylation sites is 1. The summed E-state index contributed by atoms with van der Waals surface area (Å²) < 4.78 is 11.1. The van der Waals surface area contributed by atoms with Crippen molar-refractivity contribution in [3.8, 4) is 5.75 Å². The molecule has 1 N–H and O–H groups in total. The molecule has 1 aliphatic heterocycles. The molecule has 0 radical (unpaired) electrons. The SMILES string of the molecule is COC(=O)c1ccccc1[C@@H]1Oc2ccccc2[C@@]1(O)c1ccccc1. The van der Waals surface area contributed by atoms with E-state index in [9.17, 15) is 9.90 Å². The molecule has 4 rings (SSSR count). The highest BCUT2D eigenvalue weighted by atomic mass is 16.5. The van der Waals surface area contributed by atoms with E-state index in [1.54, 1.807) is 18.2 Å². The van der Waals surface area contributed by atoms with E-state index >= 15 is 0 Å². The van der Waals surface area contributed by atoms with Crippen molar-refractivity contribution in [2.24, 2.45) is 0 Å². The minimum absolute atomic E-state index is 0.377. The average molecular weight is 346 g/mol. The number of rotatable bonds is 3. The molecule has 0 aliphatic carbocycles. The molecular formula is C22H18O4. The second-order valence-corrected chi connectivity index (χ2v) is 6.21. The maximum atomic E-state index is 12.3. The molecule has 4 heteroatoms. The van der Waals surface area contributed by atoms with Crippen molar-refractivity contribution in [1.29, 1.82) is 0 Å². The van der Waals surface area contributed by atoms with Crippen LogP contribution in [0.25, 0.3) is 0 Å². The molecule has 0 fully saturated rings. The predicted octanol–water partition coefficient (Wildman–Crippen LogP) is 3.84. The van der Waals surface area contributed by atoms with Gasteiger partial charge in [0, 0.05) is 11.1 Å². The monoisotopic (exact) mass is 346 g/mol. The summed E-state index contributed by atoms with van der Waals surface area (Å²) in [5.74, 6) is 0.138. The molecule has 2 atom stereocenters. The summed E-state index contributed by atoms with van der Waals surface area (Å²) in [5.41, 5.74) is 0.927. The lowest BCUT2D eigenvalue weighted by atomic mass is 9.79. The highest BCUT2D eigenvalue weighted by molar-refractivity contribution is 5.91. The lowest BCUT2D eigenvalue weighted by Gasteiger charge is -2.30. The van der Waals surface area contributed by atoms with Gasteiger partial charge >= 0.3 is 5.97 Å². The van der Waals surface area contributed by atoms with Gasteiger partial charge in [0.1, 0.15) is 5.75 Å². The van der Waals surface area contributed by atoms with Gasteiger partial charge in [0.15, 0.2) is 11.7 Å². The van der Waals surface area contributed by atoms with E-state index in [2.05, 4.69) is 0 Å². The highest BCUT2D eigenvalue weighted by Crippen LogP contribution is 2.52. The number of benzene rings is 3. The zero-order chi connectivity index (χ0) is 18.1. The van der Waals surface area contributed by atoms with Crippen LogP contribution in [0.4, 0.5) is 0 Å². The molecule has 1 heterocycles. The Labute approximate surface area is 151 Å². The summed E-state index contributed by atoms with van der Waals surface area (Å²) in [4.78, 5) is 12.3. The molecule has 0 unspecified atom stereocenters. The first-order chi connectivity index (χ1) is 12.7. The fourth-order valence-electron chi connectivity index (χ4n) is 3.55. The Kier molecular flexibility index (Phi) is 3.98. The number of hydrogen-bond acceptors (Lipinski definition) is 4. The molecule has 0 bridgehead atoms. The largest absolute Gasteiger partial charge is 0.481 e. The Balaban J connectivity index is 1.94. The smallest absolute Gasteiger partial charge is 0.338 e. The van der Waals surface area contributed by atoms with Crippen molar-refractivity contribution in [2.45, 2.75) is 11.7 Å². The maximum Gasteiger partial charge on any atom is 0.338 e. The third-order valence-electron chi connectivity index (χ3n) is 4.78. The van der Waals surface area contributed by atoms with Crippen LogP contribution in [-0.2, 0) is 10.3 Å². The molecule has 4 nitrogen and oxygen atoms in total. The number of aliphatic hydroxyl groups is 1. The third kappa shape index (κ3) is 2.38. The first-order valence-electron chi connectivity index (χ1n) is 8.37. The van der Waals surface area contributed by atoms with Crippen molar-refractivity contribution in [3.05, 3.63) is 101 Å². The summed E-state index contributed by atoms with van der Waals surface area (Å²) in [6, 6.07) is 23.8. The molecule has 3 aromatic rings. The second-order valence-electron chi connectivity index (χ2n) is 6.21. The predicted molar refractivity (Wildman–Crippen MR) is 97.0 cm³/mol. The summed E-state index contributed by atoms with van der Waals surface area (Å²) in [6.07, 6.45) is -0.766. The van der Waals surface area contributed by atoms with Crippen LogP contribution < -0.4 is 4.74 Å². The van der Waals surface area contributed by atoms with E-state index < -0.39 is 17.7 Å². The molecule has 3 aromatic carbocycles. The van der Waals surface area contributed by atoms with Crippen LogP contribution in [0.3, 0.4) is 0 Å². The Morgan fingerprint density at radius 1 is 0.962 bits per heavy atom. The van der Waals surface area contributed by atoms with Gasteiger partial charge in [-0.2, -0.15) is 0 Å². The standard InChI is InChI=1S/C22H18O4/c1-25-21(23)17-12-6-5-11-16(17)20-22(24,15-9-3-2-4-10-15)18-13-7-8-14-19(18)26-20/h2-14,20,24H,1H3/t20-,22-/m0/s1. The lowest BCUT2D eigenvalue weighted by Crippen LogP contribution is -2.33. The van der Waals surface area contributed by atoms with Crippen LogP contribution in [-0.4, -0.2) is 18.2 Å². The van der Waals surface area contributed by atoms with E-state index in [4.69, 9.17) is 9.47 Å². The van der Waals surface area contributed by atoms with Crippen LogP contribution in [0.1, 0.15) is 33.2 Å². The average Bonchev–Trinajstić information content (AvgIpc) is 3.02. The fourth-order valence-corrected chi connectivity index (χ4v) is 3.55. The van der Waals surface area contributed by atoms with Gasteiger partial charge in [0.25, 0.3) is 0 Å². The van der Waals surface area contributed by atoms with Gasteiger partial charge in [0.05, 0.1) is 12.7 Å². The van der Waals surface area contributed by atoms with Crippen LogP contribution in [0, 0.1) is 0 Å². The fraction of sp³-hybridized carbons (Fsp3) is 0.136. The number of carbonyl (C=O) groups excluding carboxylic acids is 1. The summed E-state index contributed by atoms with van der Waals surface area (Å²) in [7, 11) is 1.34. The number of hydrogen-bond donors (Lipinski definition) is 1. The van der Waals surface area contributed by atoms with Crippen molar-refractivity contribution >= 4 is 5.97 Å². The van der Waals surface area contributed by atoms with E-state index in [1.807, 2.05) is 60.7 Å². The number of esters is 1. The number of methoxy groups -OCH3 is 1. The van der Waals surface area contributed by atoms with Gasteiger partial charge in [0.2, 0.25) is 0 Å². The molecule has 0 amide bonds. The van der Waals surface area contributed by atoms with Gasteiger partial charge in [-0.05, 0) is 17.7 Å². The van der Waals surface area contributed by atoms with Gasteiger partial charge in [-0.1, -0.05) is 66.7 Å². The zero-order valence-corrected chi connectivity index (χ0v) is 14.3. The Morgan fingerprint density at radius 3 is 2.38 bits per heavy atom. The first kappa shape index (κ1) is 16.4. The summed E-state index contributed by atoms with van der Waals surface area (Å²) in [6.45, 7) is 0. The van der Waals surface area contributed by atoms with Gasteiger partial charge < -0.3 is 14.6 Å². The van der Waals surface area contributed by atoms with Crippen LogP contribution in [0.5, 0.6) is 5.75 Å². The van der Waals surface area contributed by atoms with Gasteiger partial charge in [-0.25, -0.2) is 4.79 Å². The van der Waals surface area contributed by atoms with Gasteiger partial charge in [-0.3, -0.25) is 0 Å². The molecule has 0 spiro atoms.